The molecule has 1 rings (SSSR count). The van der Waals surface area contributed by atoms with E-state index in [1.807, 2.05) is 0 Å². The van der Waals surface area contributed by atoms with Gasteiger partial charge in [-0.25, -0.2) is 0 Å². The Hall–Kier alpha value is -0.243. The standard InChI is InChI=1S/C11H21OSi/c1-11(2,3)9-6-7-10(8-9)12-13(4)5/h8-9H,6-7H2,1-5H3. The van der Waals surface area contributed by atoms with Crippen LogP contribution in [0.4, 0.5) is 0 Å². The third kappa shape index (κ3) is 3.18. The Bertz CT molecular complexity index is 201. The largest absolute Gasteiger partial charge is 0.546 e. The van der Waals surface area contributed by atoms with Gasteiger partial charge in [0.2, 0.25) is 0 Å². The van der Waals surface area contributed by atoms with Crippen LogP contribution in [-0.2, 0) is 4.43 Å². The zero-order valence-electron chi connectivity index (χ0n) is 9.48. The van der Waals surface area contributed by atoms with Crippen LogP contribution >= 0.6 is 0 Å². The number of allylic oxidation sites excluding steroid dienone is 2. The molecule has 0 saturated heterocycles. The molecule has 0 saturated carbocycles. The summed E-state index contributed by atoms with van der Waals surface area (Å²) in [6.07, 6.45) is 4.77. The molecule has 75 valence electrons. The molecule has 1 atom stereocenters. The predicted molar refractivity (Wildman–Crippen MR) is 58.8 cm³/mol. The SMILES string of the molecule is C[Si](C)OC1=CC(C(C)(C)C)CC1. The van der Waals surface area contributed by atoms with Gasteiger partial charge in [-0.05, 0) is 36.9 Å². The molecule has 0 aromatic carbocycles. The summed E-state index contributed by atoms with van der Waals surface area (Å²) in [5.74, 6) is 1.96. The van der Waals surface area contributed by atoms with Crippen molar-refractivity contribution in [3.05, 3.63) is 11.8 Å². The van der Waals surface area contributed by atoms with E-state index in [2.05, 4.69) is 39.9 Å². The summed E-state index contributed by atoms with van der Waals surface area (Å²) in [5.41, 5.74) is 0.402. The zero-order chi connectivity index (χ0) is 10.1. The van der Waals surface area contributed by atoms with Crippen LogP contribution in [-0.4, -0.2) is 9.04 Å². The molecule has 0 heterocycles. The maximum atomic E-state index is 5.80. The van der Waals surface area contributed by atoms with Crippen LogP contribution in [0.3, 0.4) is 0 Å². The van der Waals surface area contributed by atoms with Crippen LogP contribution in [0.25, 0.3) is 0 Å². The molecule has 1 nitrogen and oxygen atoms in total. The fraction of sp³-hybridized carbons (Fsp3) is 0.818. The second-order valence-corrected chi connectivity index (χ2v) is 7.18. The van der Waals surface area contributed by atoms with E-state index in [0.717, 1.165) is 6.42 Å². The normalized spacial score (nSPS) is 23.5. The van der Waals surface area contributed by atoms with E-state index < -0.39 is 9.04 Å². The van der Waals surface area contributed by atoms with Crippen molar-refractivity contribution in [3.63, 3.8) is 0 Å². The van der Waals surface area contributed by atoms with Gasteiger partial charge in [-0.15, -0.1) is 0 Å². The quantitative estimate of drug-likeness (QED) is 0.615. The Balaban J connectivity index is 2.54. The molecule has 1 radical (unpaired) electrons. The zero-order valence-corrected chi connectivity index (χ0v) is 10.5. The van der Waals surface area contributed by atoms with Gasteiger partial charge in [0.25, 0.3) is 9.04 Å². The van der Waals surface area contributed by atoms with Gasteiger partial charge in [0, 0.05) is 6.42 Å². The van der Waals surface area contributed by atoms with Crippen molar-refractivity contribution >= 4 is 9.04 Å². The second-order valence-electron chi connectivity index (χ2n) is 5.15. The molecule has 1 aliphatic carbocycles. The van der Waals surface area contributed by atoms with Crippen LogP contribution in [0.2, 0.25) is 13.1 Å². The Morgan fingerprint density at radius 3 is 2.38 bits per heavy atom. The van der Waals surface area contributed by atoms with Crippen molar-refractivity contribution in [1.29, 1.82) is 0 Å². The third-order valence-electron chi connectivity index (χ3n) is 2.54. The number of hydrogen-bond donors (Lipinski definition) is 0. The molecular formula is C11H21OSi. The summed E-state index contributed by atoms with van der Waals surface area (Å²) < 4.78 is 5.80. The van der Waals surface area contributed by atoms with Crippen molar-refractivity contribution in [2.24, 2.45) is 11.3 Å². The minimum Gasteiger partial charge on any atom is -0.546 e. The maximum absolute atomic E-state index is 5.80. The molecule has 1 aliphatic rings. The Kier molecular flexibility index (Phi) is 3.22. The smallest absolute Gasteiger partial charge is 0.273 e. The maximum Gasteiger partial charge on any atom is 0.273 e. The molecule has 13 heavy (non-hydrogen) atoms. The molecule has 0 aromatic rings. The first-order valence-electron chi connectivity index (χ1n) is 5.08. The molecule has 0 N–H and O–H groups in total. The average molecular weight is 197 g/mol. The fourth-order valence-electron chi connectivity index (χ4n) is 1.72. The molecule has 1 unspecified atom stereocenters. The lowest BCUT2D eigenvalue weighted by Gasteiger charge is -2.24. The second kappa shape index (κ2) is 3.87. The molecule has 0 bridgehead atoms. The van der Waals surface area contributed by atoms with Gasteiger partial charge in [-0.3, -0.25) is 0 Å². The lowest BCUT2D eigenvalue weighted by Crippen LogP contribution is -2.15. The van der Waals surface area contributed by atoms with Crippen molar-refractivity contribution in [2.75, 3.05) is 0 Å². The molecule has 0 aromatic heterocycles. The van der Waals surface area contributed by atoms with Crippen LogP contribution in [0.15, 0.2) is 11.8 Å². The lowest BCUT2D eigenvalue weighted by atomic mass is 9.81. The highest BCUT2D eigenvalue weighted by Gasteiger charge is 2.27. The van der Waals surface area contributed by atoms with E-state index >= 15 is 0 Å². The predicted octanol–water partition coefficient (Wildman–Crippen LogP) is 3.59. The Morgan fingerprint density at radius 1 is 1.38 bits per heavy atom. The van der Waals surface area contributed by atoms with Crippen molar-refractivity contribution in [3.8, 4) is 0 Å². The highest BCUT2D eigenvalue weighted by atomic mass is 28.3. The van der Waals surface area contributed by atoms with E-state index in [1.165, 1.54) is 12.2 Å². The van der Waals surface area contributed by atoms with E-state index in [1.54, 1.807) is 0 Å². The first-order valence-corrected chi connectivity index (χ1v) is 7.49. The Morgan fingerprint density at radius 2 is 2.00 bits per heavy atom. The summed E-state index contributed by atoms with van der Waals surface area (Å²) in [5, 5.41) is 0. The molecular weight excluding hydrogens is 176 g/mol. The third-order valence-corrected chi connectivity index (χ3v) is 3.21. The van der Waals surface area contributed by atoms with Crippen LogP contribution in [0.1, 0.15) is 33.6 Å². The van der Waals surface area contributed by atoms with Crippen molar-refractivity contribution in [1.82, 2.24) is 0 Å². The van der Waals surface area contributed by atoms with E-state index in [4.69, 9.17) is 4.43 Å². The van der Waals surface area contributed by atoms with Gasteiger partial charge in [0.1, 0.15) is 0 Å². The molecule has 0 amide bonds. The summed E-state index contributed by atoms with van der Waals surface area (Å²) in [6.45, 7) is 11.3. The first kappa shape index (κ1) is 10.8. The minimum atomic E-state index is -0.554. The van der Waals surface area contributed by atoms with Gasteiger partial charge >= 0.3 is 0 Å². The van der Waals surface area contributed by atoms with Gasteiger partial charge < -0.3 is 4.43 Å². The summed E-state index contributed by atoms with van der Waals surface area (Å²) in [4.78, 5) is 0. The average Bonchev–Trinajstić information content (AvgIpc) is 2.32. The number of rotatable bonds is 2. The van der Waals surface area contributed by atoms with Gasteiger partial charge in [0.15, 0.2) is 0 Å². The van der Waals surface area contributed by atoms with E-state index in [-0.39, 0.29) is 0 Å². The Labute approximate surface area is 83.9 Å². The monoisotopic (exact) mass is 197 g/mol. The lowest BCUT2D eigenvalue weighted by molar-refractivity contribution is 0.290. The first-order chi connectivity index (χ1) is 5.89. The van der Waals surface area contributed by atoms with Gasteiger partial charge in [0.05, 0.1) is 5.76 Å². The number of hydrogen-bond acceptors (Lipinski definition) is 1. The topological polar surface area (TPSA) is 9.23 Å². The fourth-order valence-corrected chi connectivity index (χ4v) is 2.41. The van der Waals surface area contributed by atoms with Crippen molar-refractivity contribution in [2.45, 2.75) is 46.7 Å². The highest BCUT2D eigenvalue weighted by molar-refractivity contribution is 6.48. The van der Waals surface area contributed by atoms with Crippen LogP contribution in [0.5, 0.6) is 0 Å². The van der Waals surface area contributed by atoms with Gasteiger partial charge in [-0.1, -0.05) is 20.8 Å². The summed E-state index contributed by atoms with van der Waals surface area (Å²) in [6, 6.07) is 0. The molecule has 2 heteroatoms. The highest BCUT2D eigenvalue weighted by Crippen LogP contribution is 2.37. The summed E-state index contributed by atoms with van der Waals surface area (Å²) in [7, 11) is -0.554. The molecule has 0 aliphatic heterocycles. The van der Waals surface area contributed by atoms with Crippen LogP contribution < -0.4 is 0 Å². The minimum absolute atomic E-state index is 0.402. The summed E-state index contributed by atoms with van der Waals surface area (Å²) >= 11 is 0. The van der Waals surface area contributed by atoms with E-state index in [9.17, 15) is 0 Å². The van der Waals surface area contributed by atoms with Gasteiger partial charge in [-0.2, -0.15) is 0 Å². The molecule has 0 spiro atoms. The van der Waals surface area contributed by atoms with Crippen molar-refractivity contribution < 1.29 is 4.43 Å². The van der Waals surface area contributed by atoms with E-state index in [0.29, 0.717) is 11.3 Å². The van der Waals surface area contributed by atoms with Crippen LogP contribution in [0, 0.1) is 11.3 Å². The molecule has 0 fully saturated rings.